The van der Waals surface area contributed by atoms with Crippen LogP contribution in [0, 0.1) is 35.7 Å². The number of aromatic nitrogens is 6. The minimum atomic E-state index is -2.30. The summed E-state index contributed by atoms with van der Waals surface area (Å²) in [5, 5.41) is 11.4. The molecule has 20 aromatic rings. The van der Waals surface area contributed by atoms with Crippen LogP contribution in [0.25, 0.3) is 181 Å². The van der Waals surface area contributed by atoms with Crippen LogP contribution < -0.4 is 0 Å². The van der Waals surface area contributed by atoms with E-state index < -0.39 is 40.2 Å². The fraction of sp³-hybridized carbons (Fsp3) is 0. The second kappa shape index (κ2) is 20.3. The molecule has 0 aliphatic rings. The van der Waals surface area contributed by atoms with Crippen LogP contribution in [0.3, 0.4) is 0 Å². The van der Waals surface area contributed by atoms with Crippen molar-refractivity contribution in [3.8, 4) is 45.3 Å². The van der Waals surface area contributed by atoms with Gasteiger partial charge in [-0.05, 0) is 103 Å². The highest BCUT2D eigenvalue weighted by Gasteiger charge is 2.33. The molecule has 97 heavy (non-hydrogen) atoms. The van der Waals surface area contributed by atoms with Gasteiger partial charge < -0.3 is 27.4 Å². The van der Waals surface area contributed by atoms with Gasteiger partial charge in [-0.15, -0.1) is 0 Å². The molecule has 0 fully saturated rings. The van der Waals surface area contributed by atoms with Crippen LogP contribution in [0.5, 0.6) is 0 Å². The van der Waals surface area contributed by atoms with E-state index in [4.69, 9.17) is 0 Å². The van der Waals surface area contributed by atoms with Crippen LogP contribution in [-0.2, 0) is 0 Å². The van der Waals surface area contributed by atoms with E-state index in [2.05, 4.69) is 157 Å². The van der Waals surface area contributed by atoms with E-state index in [1.54, 1.807) is 6.07 Å². The first-order valence-electron chi connectivity index (χ1n) is 31.9. The van der Waals surface area contributed by atoms with E-state index in [1.807, 2.05) is 143 Å². The zero-order chi connectivity index (χ0) is 64.6. The molecule has 0 atom stereocenters. The van der Waals surface area contributed by atoms with Gasteiger partial charge in [-0.2, -0.15) is 0 Å². The zero-order valence-corrected chi connectivity index (χ0v) is 51.1. The molecule has 14 aromatic carbocycles. The van der Waals surface area contributed by atoms with Gasteiger partial charge >= 0.3 is 0 Å². The molecule has 0 bridgehead atoms. The first kappa shape index (κ1) is 54.6. The molecule has 6 heterocycles. The van der Waals surface area contributed by atoms with Crippen molar-refractivity contribution in [2.45, 2.75) is 0 Å². The summed E-state index contributed by atoms with van der Waals surface area (Å²) in [5.41, 5.74) is 11.4. The summed E-state index contributed by atoms with van der Waals surface area (Å²) >= 11 is 0. The molecule has 0 amide bonds. The van der Waals surface area contributed by atoms with Gasteiger partial charge in [0, 0.05) is 92.9 Å². The molecule has 0 N–H and O–H groups in total. The highest BCUT2D eigenvalue weighted by Crippen LogP contribution is 2.50. The van der Waals surface area contributed by atoms with Crippen molar-refractivity contribution in [1.82, 2.24) is 27.4 Å². The van der Waals surface area contributed by atoms with Crippen molar-refractivity contribution in [3.05, 3.63) is 320 Å². The van der Waals surface area contributed by atoms with E-state index in [0.717, 1.165) is 109 Å². The summed E-state index contributed by atoms with van der Waals surface area (Å²) in [6, 6.07) is 93.2. The van der Waals surface area contributed by atoms with Gasteiger partial charge in [0.25, 0.3) is 0 Å². The second-order valence-electron chi connectivity index (χ2n) is 24.8. The van der Waals surface area contributed by atoms with Crippen molar-refractivity contribution in [2.24, 2.45) is 0 Å². The molecule has 7 nitrogen and oxygen atoms in total. The van der Waals surface area contributed by atoms with Gasteiger partial charge in [0.1, 0.15) is 0 Å². The molecular weight excluding hydrogens is 1210 g/mol. The summed E-state index contributed by atoms with van der Waals surface area (Å²) in [6.07, 6.45) is 0. The smallest absolute Gasteiger partial charge is 0.234 e. The van der Waals surface area contributed by atoms with Crippen molar-refractivity contribution in [1.29, 1.82) is 0 Å². The lowest BCUT2D eigenvalue weighted by Crippen LogP contribution is -2.08. The van der Waals surface area contributed by atoms with Crippen molar-refractivity contribution >= 4 is 137 Å². The Morgan fingerprint density at radius 1 is 0.227 bits per heavy atom. The number of nitrogens with zero attached hydrogens (tertiary/aromatic N) is 7. The highest BCUT2D eigenvalue weighted by atomic mass is 19.2. The molecule has 0 spiro atoms. The topological polar surface area (TPSA) is 33.9 Å². The van der Waals surface area contributed by atoms with Crippen LogP contribution in [0.2, 0.25) is 0 Å². The standard InChI is InChI=1S/C85H46F5N7/c1-91-84-73(96-74-44-48(92-65-26-10-2-18-52(65)53-19-3-11-27-66(53)92)34-38-60(74)61-39-35-49(45-75(61)96)93-67-28-12-4-20-54(67)55-21-5-13-29-68(55)93)43-42-64(78-79(86)81(88)83(90)82(89)80(78)87)85(84)97-76-46-50(94-69-30-14-6-22-56(69)57-23-7-15-31-70(57)94)36-40-62(76)63-41-37-51(47-77(63)97)95-71-32-16-8-24-58(71)59-25-9-17-33-72(59)95/h2-47H. The third-order valence-electron chi connectivity index (χ3n) is 20.0. The Labute approximate surface area is 547 Å². The summed E-state index contributed by atoms with van der Waals surface area (Å²) in [6.45, 7) is 9.78. The zero-order valence-electron chi connectivity index (χ0n) is 51.1. The minimum Gasteiger partial charge on any atom is -0.319 e. The molecule has 12 heteroatoms. The van der Waals surface area contributed by atoms with Gasteiger partial charge in [0.05, 0.1) is 89.7 Å². The van der Waals surface area contributed by atoms with Crippen molar-refractivity contribution < 1.29 is 22.0 Å². The number of halogens is 5. The molecule has 0 saturated carbocycles. The molecule has 20 rings (SSSR count). The largest absolute Gasteiger partial charge is 0.319 e. The van der Waals surface area contributed by atoms with E-state index in [0.29, 0.717) is 44.2 Å². The Kier molecular flexibility index (Phi) is 11.4. The number of hydrogen-bond acceptors (Lipinski definition) is 0. The number of benzene rings is 14. The molecule has 0 unspecified atom stereocenters. The predicted molar refractivity (Wildman–Crippen MR) is 384 cm³/mol. The number of para-hydroxylation sites is 8. The summed E-state index contributed by atoms with van der Waals surface area (Å²) in [7, 11) is 0. The van der Waals surface area contributed by atoms with E-state index in [9.17, 15) is 6.57 Å². The lowest BCUT2D eigenvalue weighted by Gasteiger charge is -2.22. The number of rotatable bonds is 7. The lowest BCUT2D eigenvalue weighted by atomic mass is 9.98. The van der Waals surface area contributed by atoms with Gasteiger partial charge in [0.2, 0.25) is 11.5 Å². The molecule has 0 saturated heterocycles. The van der Waals surface area contributed by atoms with Crippen molar-refractivity contribution in [2.75, 3.05) is 0 Å². The normalized spacial score (nSPS) is 12.2. The summed E-state index contributed by atoms with van der Waals surface area (Å²) in [4.78, 5) is 4.52. The molecule has 0 aliphatic carbocycles. The Bertz CT molecular complexity index is 6340. The maximum atomic E-state index is 17.4. The summed E-state index contributed by atoms with van der Waals surface area (Å²) < 4.78 is 95.7. The van der Waals surface area contributed by atoms with Crippen LogP contribution >= 0.6 is 0 Å². The predicted octanol–water partition coefficient (Wildman–Crippen LogP) is 23.2. The van der Waals surface area contributed by atoms with Gasteiger partial charge in [0.15, 0.2) is 23.3 Å². The third kappa shape index (κ3) is 7.47. The minimum absolute atomic E-state index is 0.110. The lowest BCUT2D eigenvalue weighted by molar-refractivity contribution is 0.381. The summed E-state index contributed by atoms with van der Waals surface area (Å²) in [5.74, 6) is -10.6. The average Bonchev–Trinajstić information content (AvgIpc) is 1.63. The fourth-order valence-corrected chi connectivity index (χ4v) is 16.0. The van der Waals surface area contributed by atoms with Crippen LogP contribution in [0.1, 0.15) is 0 Å². The maximum absolute atomic E-state index is 17.4. The Morgan fingerprint density at radius 3 is 0.732 bits per heavy atom. The first-order chi connectivity index (χ1) is 47.7. The van der Waals surface area contributed by atoms with Gasteiger partial charge in [-0.3, -0.25) is 0 Å². The van der Waals surface area contributed by atoms with Crippen LogP contribution in [-0.4, -0.2) is 27.4 Å². The van der Waals surface area contributed by atoms with E-state index in [1.165, 1.54) is 6.07 Å². The Hall–Kier alpha value is -13.0. The molecule has 6 aromatic heterocycles. The fourth-order valence-electron chi connectivity index (χ4n) is 16.0. The quantitative estimate of drug-likeness (QED) is 0.0660. The third-order valence-corrected chi connectivity index (χ3v) is 20.0. The van der Waals surface area contributed by atoms with Crippen LogP contribution in [0.4, 0.5) is 27.6 Å². The Morgan fingerprint density at radius 2 is 0.464 bits per heavy atom. The molecule has 0 radical (unpaired) electrons. The monoisotopic (exact) mass is 1260 g/mol. The molecule has 0 aliphatic heterocycles. The van der Waals surface area contributed by atoms with E-state index in [-0.39, 0.29) is 17.1 Å². The SMILES string of the molecule is [C-]#[N+]c1c(-n2c3cc(-n4c5ccccc5c5ccccc54)ccc3c3ccc(-n4c5ccccc5c5ccccc54)cc32)ccc(-c2c(F)c(F)c(F)c(F)c2F)c1-n1c2cc(-n3c4ccccc4c4ccccc43)ccc2c2ccc(-n3c4ccccc4c4ccccc43)cc21. The van der Waals surface area contributed by atoms with E-state index >= 15 is 22.0 Å². The second-order valence-corrected chi connectivity index (χ2v) is 24.8. The van der Waals surface area contributed by atoms with Crippen molar-refractivity contribution in [3.63, 3.8) is 0 Å². The Balaban J connectivity index is 0.960. The van der Waals surface area contributed by atoms with Gasteiger partial charge in [-0.25, -0.2) is 26.8 Å². The maximum Gasteiger partial charge on any atom is 0.234 e. The number of hydrogen-bond donors (Lipinski definition) is 0. The molecular formula is C85H46F5N7. The molecule has 456 valence electrons. The van der Waals surface area contributed by atoms with Gasteiger partial charge in [-0.1, -0.05) is 176 Å². The first-order valence-corrected chi connectivity index (χ1v) is 31.9. The highest BCUT2D eigenvalue weighted by molar-refractivity contribution is 6.17. The van der Waals surface area contributed by atoms with Crippen LogP contribution in [0.15, 0.2) is 279 Å². The number of fused-ring (bicyclic) bond motifs is 18. The average molecular weight is 1260 g/mol.